The Labute approximate surface area is 96.9 Å². The maximum Gasteiger partial charge on any atom is 0.180 e. The van der Waals surface area contributed by atoms with Gasteiger partial charge in [-0.3, -0.25) is 4.79 Å². The Kier molecular flexibility index (Phi) is 3.07. The average Bonchev–Trinajstić information content (AvgIpc) is 2.60. The fraction of sp³-hybridized carbons (Fsp3) is 0.364. The number of carbonyl (C=O) groups excluding carboxylic acids is 1. The number of halogens is 1. The van der Waals surface area contributed by atoms with Crippen LogP contribution >= 0.6 is 15.9 Å². The third-order valence-corrected chi connectivity index (χ3v) is 2.99. The third kappa shape index (κ3) is 2.21. The summed E-state index contributed by atoms with van der Waals surface area (Å²) in [6.45, 7) is 0.173. The summed E-state index contributed by atoms with van der Waals surface area (Å²) in [6.07, 6.45) is 0.747. The summed E-state index contributed by atoms with van der Waals surface area (Å²) in [5.74, 6) is 0.102. The van der Waals surface area contributed by atoms with Gasteiger partial charge < -0.3 is 10.1 Å². The van der Waals surface area contributed by atoms with Crippen LogP contribution in [0.2, 0.25) is 0 Å². The average molecular weight is 270 g/mol. The molecular weight excluding hydrogens is 258 g/mol. The molecule has 0 spiro atoms. The van der Waals surface area contributed by atoms with Crippen molar-refractivity contribution in [1.82, 2.24) is 0 Å². The molecule has 0 radical (unpaired) electrons. The predicted molar refractivity (Wildman–Crippen MR) is 62.1 cm³/mol. The van der Waals surface area contributed by atoms with Crippen molar-refractivity contribution >= 4 is 27.4 Å². The van der Waals surface area contributed by atoms with Crippen LogP contribution in [0.4, 0.5) is 5.69 Å². The second kappa shape index (κ2) is 4.33. The summed E-state index contributed by atoms with van der Waals surface area (Å²) in [6, 6.07) is 5.87. The zero-order chi connectivity index (χ0) is 10.8. The van der Waals surface area contributed by atoms with Crippen LogP contribution in [0.25, 0.3) is 0 Å². The van der Waals surface area contributed by atoms with E-state index in [0.29, 0.717) is 0 Å². The summed E-state index contributed by atoms with van der Waals surface area (Å²) in [4.78, 5) is 11.6. The van der Waals surface area contributed by atoms with E-state index in [1.165, 1.54) is 12.7 Å². The summed E-state index contributed by atoms with van der Waals surface area (Å²) in [7, 11) is 1.54. The van der Waals surface area contributed by atoms with Crippen molar-refractivity contribution < 1.29 is 9.53 Å². The molecule has 0 aliphatic carbocycles. The van der Waals surface area contributed by atoms with Gasteiger partial charge in [-0.1, -0.05) is 15.9 Å². The summed E-state index contributed by atoms with van der Waals surface area (Å²) in [5.41, 5.74) is 2.23. The lowest BCUT2D eigenvalue weighted by Crippen LogP contribution is -2.30. The highest BCUT2D eigenvalue weighted by Gasteiger charge is 2.26. The summed E-state index contributed by atoms with van der Waals surface area (Å²) < 4.78 is 5.88. The van der Waals surface area contributed by atoms with Crippen LogP contribution in [0, 0.1) is 0 Å². The number of carbonyl (C=O) groups is 1. The molecule has 0 unspecified atom stereocenters. The lowest BCUT2D eigenvalue weighted by molar-refractivity contribution is -0.123. The van der Waals surface area contributed by atoms with Gasteiger partial charge in [0.2, 0.25) is 0 Å². The van der Waals surface area contributed by atoms with E-state index in [1.54, 1.807) is 0 Å². The first kappa shape index (κ1) is 10.6. The zero-order valence-corrected chi connectivity index (χ0v) is 10.0. The first-order chi connectivity index (χ1) is 7.20. The molecule has 2 rings (SSSR count). The molecule has 4 heteroatoms. The number of fused-ring (bicyclic) bond motifs is 1. The normalized spacial score (nSPS) is 18.4. The highest BCUT2D eigenvalue weighted by atomic mass is 79.9. The molecular formula is C11H12BrNO2. The second-order valence-corrected chi connectivity index (χ2v) is 4.52. The quantitative estimate of drug-likeness (QED) is 0.913. The number of rotatable bonds is 3. The van der Waals surface area contributed by atoms with E-state index in [1.807, 2.05) is 18.2 Å². The smallest absolute Gasteiger partial charge is 0.180 e. The van der Waals surface area contributed by atoms with Crippen LogP contribution < -0.4 is 5.32 Å². The topological polar surface area (TPSA) is 38.3 Å². The van der Waals surface area contributed by atoms with Gasteiger partial charge in [0.05, 0.1) is 6.04 Å². The highest BCUT2D eigenvalue weighted by Crippen LogP contribution is 2.28. The zero-order valence-electron chi connectivity index (χ0n) is 8.42. The largest absolute Gasteiger partial charge is 0.377 e. The Morgan fingerprint density at radius 3 is 3.20 bits per heavy atom. The standard InChI is InChI=1S/C11H12BrNO2/c1-15-6-11(14)10-5-7-4-8(12)2-3-9(7)13-10/h2-4,10,13H,5-6H2,1H3/t10-/m0/s1. The van der Waals surface area contributed by atoms with Gasteiger partial charge in [-0.05, 0) is 23.8 Å². The molecule has 0 aromatic heterocycles. The van der Waals surface area contributed by atoms with Crippen molar-refractivity contribution in [1.29, 1.82) is 0 Å². The number of methoxy groups -OCH3 is 1. The number of ketones is 1. The number of nitrogens with one attached hydrogen (secondary N) is 1. The molecule has 0 fully saturated rings. The summed E-state index contributed by atoms with van der Waals surface area (Å²) in [5, 5.41) is 3.20. The van der Waals surface area contributed by atoms with Gasteiger partial charge >= 0.3 is 0 Å². The lowest BCUT2D eigenvalue weighted by atomic mass is 10.1. The molecule has 1 atom stereocenters. The number of hydrogen-bond acceptors (Lipinski definition) is 3. The second-order valence-electron chi connectivity index (χ2n) is 3.60. The molecule has 0 bridgehead atoms. The van der Waals surface area contributed by atoms with Crippen molar-refractivity contribution in [2.24, 2.45) is 0 Å². The van der Waals surface area contributed by atoms with E-state index < -0.39 is 0 Å². The van der Waals surface area contributed by atoms with Gasteiger partial charge in [0, 0.05) is 23.7 Å². The minimum absolute atomic E-state index is 0.102. The van der Waals surface area contributed by atoms with Crippen LogP contribution in [0.1, 0.15) is 5.56 Å². The van der Waals surface area contributed by atoms with Gasteiger partial charge in [-0.2, -0.15) is 0 Å². The van der Waals surface area contributed by atoms with E-state index >= 15 is 0 Å². The highest BCUT2D eigenvalue weighted by molar-refractivity contribution is 9.10. The molecule has 0 saturated heterocycles. The molecule has 3 nitrogen and oxygen atoms in total. The molecule has 1 aromatic rings. The van der Waals surface area contributed by atoms with Crippen molar-refractivity contribution in [3.63, 3.8) is 0 Å². The van der Waals surface area contributed by atoms with E-state index in [4.69, 9.17) is 4.74 Å². The van der Waals surface area contributed by atoms with Crippen LogP contribution in [-0.2, 0) is 16.0 Å². The number of benzene rings is 1. The molecule has 0 amide bonds. The molecule has 1 aliphatic rings. The molecule has 15 heavy (non-hydrogen) atoms. The third-order valence-electron chi connectivity index (χ3n) is 2.50. The Balaban J connectivity index is 2.12. The van der Waals surface area contributed by atoms with Crippen LogP contribution in [0.5, 0.6) is 0 Å². The summed E-state index contributed by atoms with van der Waals surface area (Å²) >= 11 is 3.42. The molecule has 1 aliphatic heterocycles. The Morgan fingerprint density at radius 2 is 2.47 bits per heavy atom. The van der Waals surface area contributed by atoms with Crippen LogP contribution in [-0.4, -0.2) is 25.5 Å². The molecule has 0 saturated carbocycles. The van der Waals surface area contributed by atoms with Gasteiger partial charge in [0.25, 0.3) is 0 Å². The van der Waals surface area contributed by atoms with Gasteiger partial charge in [-0.15, -0.1) is 0 Å². The Morgan fingerprint density at radius 1 is 1.67 bits per heavy atom. The van der Waals surface area contributed by atoms with Crippen LogP contribution in [0.15, 0.2) is 22.7 Å². The van der Waals surface area contributed by atoms with E-state index in [2.05, 4.69) is 21.2 Å². The number of Topliss-reactive ketones (excluding diaryl/α,β-unsaturated/α-hetero) is 1. The Bertz CT molecular complexity index is 392. The number of hydrogen-bond donors (Lipinski definition) is 1. The molecule has 1 aromatic carbocycles. The maximum absolute atomic E-state index is 11.6. The van der Waals surface area contributed by atoms with Gasteiger partial charge in [0.1, 0.15) is 6.61 Å². The van der Waals surface area contributed by atoms with Gasteiger partial charge in [-0.25, -0.2) is 0 Å². The monoisotopic (exact) mass is 269 g/mol. The fourth-order valence-electron chi connectivity index (χ4n) is 1.77. The Hall–Kier alpha value is -0.870. The van der Waals surface area contributed by atoms with Crippen molar-refractivity contribution in [3.8, 4) is 0 Å². The lowest BCUT2D eigenvalue weighted by Gasteiger charge is -2.08. The van der Waals surface area contributed by atoms with Crippen molar-refractivity contribution in [2.45, 2.75) is 12.5 Å². The minimum atomic E-state index is -0.130. The number of ether oxygens (including phenoxy) is 1. The predicted octanol–water partition coefficient (Wildman–Crippen LogP) is 2.00. The fourth-order valence-corrected chi connectivity index (χ4v) is 2.18. The van der Waals surface area contributed by atoms with Crippen molar-refractivity contribution in [2.75, 3.05) is 19.0 Å². The van der Waals surface area contributed by atoms with Gasteiger partial charge in [0.15, 0.2) is 5.78 Å². The van der Waals surface area contributed by atoms with E-state index in [0.717, 1.165) is 16.6 Å². The maximum atomic E-state index is 11.6. The SMILES string of the molecule is COCC(=O)[C@@H]1Cc2cc(Br)ccc2N1. The minimum Gasteiger partial charge on any atom is -0.377 e. The molecule has 1 N–H and O–H groups in total. The first-order valence-electron chi connectivity index (χ1n) is 4.77. The number of anilines is 1. The molecule has 1 heterocycles. The van der Waals surface area contributed by atoms with E-state index in [-0.39, 0.29) is 18.4 Å². The van der Waals surface area contributed by atoms with Crippen LogP contribution in [0.3, 0.4) is 0 Å². The van der Waals surface area contributed by atoms with E-state index in [9.17, 15) is 4.79 Å². The molecule has 80 valence electrons. The first-order valence-corrected chi connectivity index (χ1v) is 5.56. The van der Waals surface area contributed by atoms with Crippen molar-refractivity contribution in [3.05, 3.63) is 28.2 Å².